The predicted octanol–water partition coefficient (Wildman–Crippen LogP) is 2.18. The summed E-state index contributed by atoms with van der Waals surface area (Å²) in [5.74, 6) is 2.51. The lowest BCUT2D eigenvalue weighted by molar-refractivity contribution is 0.0829. The van der Waals surface area contributed by atoms with E-state index in [1.807, 2.05) is 12.1 Å². The van der Waals surface area contributed by atoms with E-state index in [2.05, 4.69) is 21.8 Å². The SMILES string of the molecule is CC(c1nn2c(C3CCOCC3)ncc2c(=O)[nH]1)N1CC(c2ccc(O)cc2)C1. The van der Waals surface area contributed by atoms with Crippen molar-refractivity contribution in [2.45, 2.75) is 37.6 Å². The molecule has 8 nitrogen and oxygen atoms in total. The van der Waals surface area contributed by atoms with Gasteiger partial charge in [0.2, 0.25) is 0 Å². The van der Waals surface area contributed by atoms with Gasteiger partial charge in [-0.3, -0.25) is 9.69 Å². The first-order chi connectivity index (χ1) is 14.1. The molecule has 0 aliphatic carbocycles. The van der Waals surface area contributed by atoms with E-state index in [0.29, 0.717) is 17.3 Å². The molecule has 5 rings (SSSR count). The number of likely N-dealkylation sites (tertiary alicyclic amines) is 1. The van der Waals surface area contributed by atoms with Crippen molar-refractivity contribution in [1.29, 1.82) is 0 Å². The number of phenolic OH excluding ortho intramolecular Hbond substituents is 1. The van der Waals surface area contributed by atoms with Crippen molar-refractivity contribution in [2.75, 3.05) is 26.3 Å². The second-order valence-corrected chi connectivity index (χ2v) is 8.06. The average molecular weight is 395 g/mol. The Morgan fingerprint density at radius 1 is 1.17 bits per heavy atom. The van der Waals surface area contributed by atoms with Gasteiger partial charge in [0.1, 0.15) is 17.4 Å². The van der Waals surface area contributed by atoms with Gasteiger partial charge < -0.3 is 14.8 Å². The topological polar surface area (TPSA) is 95.8 Å². The first-order valence-electron chi connectivity index (χ1n) is 10.2. The number of nitrogens with zero attached hydrogens (tertiary/aromatic N) is 4. The van der Waals surface area contributed by atoms with Crippen molar-refractivity contribution in [1.82, 2.24) is 24.5 Å². The highest BCUT2D eigenvalue weighted by Crippen LogP contribution is 2.33. The molecular formula is C21H25N5O3. The van der Waals surface area contributed by atoms with Crippen molar-refractivity contribution in [3.05, 3.63) is 58.0 Å². The molecule has 3 aromatic rings. The minimum absolute atomic E-state index is 0.00500. The molecule has 2 aliphatic rings. The van der Waals surface area contributed by atoms with E-state index < -0.39 is 0 Å². The number of H-pyrrole nitrogens is 1. The van der Waals surface area contributed by atoms with E-state index in [9.17, 15) is 9.90 Å². The highest BCUT2D eigenvalue weighted by molar-refractivity contribution is 5.42. The molecule has 1 atom stereocenters. The summed E-state index contributed by atoms with van der Waals surface area (Å²) in [7, 11) is 0. The van der Waals surface area contributed by atoms with Crippen molar-refractivity contribution in [2.24, 2.45) is 0 Å². The Kier molecular flexibility index (Phi) is 4.60. The lowest BCUT2D eigenvalue weighted by atomic mass is 9.90. The third kappa shape index (κ3) is 3.32. The van der Waals surface area contributed by atoms with Gasteiger partial charge in [-0.2, -0.15) is 5.10 Å². The molecule has 1 unspecified atom stereocenters. The Bertz CT molecular complexity index is 1060. The molecule has 2 saturated heterocycles. The fraction of sp³-hybridized carbons (Fsp3) is 0.476. The summed E-state index contributed by atoms with van der Waals surface area (Å²) >= 11 is 0. The Morgan fingerprint density at radius 3 is 2.62 bits per heavy atom. The Labute approximate surface area is 168 Å². The summed E-state index contributed by atoms with van der Waals surface area (Å²) < 4.78 is 7.19. The number of aromatic amines is 1. The van der Waals surface area contributed by atoms with Gasteiger partial charge in [-0.25, -0.2) is 9.50 Å². The summed E-state index contributed by atoms with van der Waals surface area (Å²) in [6, 6.07) is 7.40. The maximum atomic E-state index is 12.6. The molecule has 0 radical (unpaired) electrons. The molecule has 2 fully saturated rings. The highest BCUT2D eigenvalue weighted by atomic mass is 16.5. The lowest BCUT2D eigenvalue weighted by Gasteiger charge is -2.42. The van der Waals surface area contributed by atoms with Gasteiger partial charge in [-0.1, -0.05) is 12.1 Å². The lowest BCUT2D eigenvalue weighted by Crippen LogP contribution is -2.46. The molecule has 4 heterocycles. The second kappa shape index (κ2) is 7.27. The molecule has 8 heteroatoms. The number of rotatable bonds is 4. The van der Waals surface area contributed by atoms with Crippen molar-refractivity contribution in [3.8, 4) is 5.75 Å². The third-order valence-corrected chi connectivity index (χ3v) is 6.25. The Balaban J connectivity index is 1.37. The monoisotopic (exact) mass is 395 g/mol. The van der Waals surface area contributed by atoms with E-state index >= 15 is 0 Å². The smallest absolute Gasteiger partial charge is 0.277 e. The second-order valence-electron chi connectivity index (χ2n) is 8.06. The first kappa shape index (κ1) is 18.3. The minimum Gasteiger partial charge on any atom is -0.508 e. The van der Waals surface area contributed by atoms with E-state index in [-0.39, 0.29) is 23.3 Å². The maximum absolute atomic E-state index is 12.6. The number of fused-ring (bicyclic) bond motifs is 1. The Hall–Kier alpha value is -2.71. The summed E-state index contributed by atoms with van der Waals surface area (Å²) in [5, 5.41) is 14.2. The van der Waals surface area contributed by atoms with Crippen LogP contribution in [0.5, 0.6) is 5.75 Å². The van der Waals surface area contributed by atoms with Crippen LogP contribution in [0.15, 0.2) is 35.3 Å². The number of aromatic hydroxyl groups is 1. The molecule has 1 aromatic carbocycles. The van der Waals surface area contributed by atoms with Gasteiger partial charge in [-0.15, -0.1) is 0 Å². The van der Waals surface area contributed by atoms with Crippen LogP contribution >= 0.6 is 0 Å². The number of ether oxygens (including phenoxy) is 1. The molecule has 152 valence electrons. The molecule has 2 aliphatic heterocycles. The number of hydrogen-bond donors (Lipinski definition) is 2. The van der Waals surface area contributed by atoms with Crippen LogP contribution in [0.4, 0.5) is 0 Å². The molecular weight excluding hydrogens is 370 g/mol. The van der Waals surface area contributed by atoms with Gasteiger partial charge in [0.15, 0.2) is 5.52 Å². The van der Waals surface area contributed by atoms with Gasteiger partial charge >= 0.3 is 0 Å². The van der Waals surface area contributed by atoms with E-state index in [1.54, 1.807) is 22.8 Å². The highest BCUT2D eigenvalue weighted by Gasteiger charge is 2.33. The molecule has 0 bridgehead atoms. The van der Waals surface area contributed by atoms with Crippen LogP contribution < -0.4 is 5.56 Å². The molecule has 2 N–H and O–H groups in total. The molecule has 0 amide bonds. The summed E-state index contributed by atoms with van der Waals surface area (Å²) in [4.78, 5) is 22.4. The van der Waals surface area contributed by atoms with Gasteiger partial charge in [0.05, 0.1) is 12.2 Å². The number of phenols is 1. The predicted molar refractivity (Wildman–Crippen MR) is 107 cm³/mol. The van der Waals surface area contributed by atoms with Crippen LogP contribution in [0, 0.1) is 0 Å². The van der Waals surface area contributed by atoms with Gasteiger partial charge in [0.25, 0.3) is 5.56 Å². The molecule has 0 saturated carbocycles. The van der Waals surface area contributed by atoms with Crippen LogP contribution in [0.2, 0.25) is 0 Å². The van der Waals surface area contributed by atoms with Crippen LogP contribution in [0.1, 0.15) is 54.9 Å². The first-order valence-corrected chi connectivity index (χ1v) is 10.2. The van der Waals surface area contributed by atoms with E-state index in [1.165, 1.54) is 5.56 Å². The fourth-order valence-electron chi connectivity index (χ4n) is 4.31. The normalized spacial score (nSPS) is 20.0. The number of aromatic nitrogens is 4. The molecule has 2 aromatic heterocycles. The van der Waals surface area contributed by atoms with E-state index in [4.69, 9.17) is 9.84 Å². The van der Waals surface area contributed by atoms with Crippen LogP contribution in [-0.4, -0.2) is 55.9 Å². The zero-order valence-electron chi connectivity index (χ0n) is 16.4. The van der Waals surface area contributed by atoms with Crippen LogP contribution in [0.25, 0.3) is 5.52 Å². The van der Waals surface area contributed by atoms with Crippen LogP contribution in [0.3, 0.4) is 0 Å². The van der Waals surface area contributed by atoms with Crippen LogP contribution in [-0.2, 0) is 4.74 Å². The van der Waals surface area contributed by atoms with Gasteiger partial charge in [-0.05, 0) is 37.5 Å². The average Bonchev–Trinajstić information content (AvgIpc) is 3.13. The zero-order chi connectivity index (χ0) is 20.0. The number of hydrogen-bond acceptors (Lipinski definition) is 6. The summed E-state index contributed by atoms with van der Waals surface area (Å²) in [5.41, 5.74) is 1.57. The van der Waals surface area contributed by atoms with Gasteiger partial charge in [0, 0.05) is 38.1 Å². The fourth-order valence-corrected chi connectivity index (χ4v) is 4.31. The molecule has 29 heavy (non-hydrogen) atoms. The number of imidazole rings is 1. The number of nitrogens with one attached hydrogen (secondary N) is 1. The standard InChI is InChI=1S/C21H25N5O3/c1-13(25-11-16(12-25)14-2-4-17(27)5-3-14)19-23-21(28)18-10-22-20(26(18)24-19)15-6-8-29-9-7-15/h2-5,10,13,15-16,27H,6-9,11-12H2,1H3,(H,23,24,28). The number of benzene rings is 1. The van der Waals surface area contributed by atoms with Crippen molar-refractivity contribution in [3.63, 3.8) is 0 Å². The minimum atomic E-state index is -0.150. The summed E-state index contributed by atoms with van der Waals surface area (Å²) in [6.07, 6.45) is 3.42. The van der Waals surface area contributed by atoms with Crippen molar-refractivity contribution >= 4 is 5.52 Å². The maximum Gasteiger partial charge on any atom is 0.277 e. The Morgan fingerprint density at radius 2 is 1.90 bits per heavy atom. The third-order valence-electron chi connectivity index (χ3n) is 6.25. The summed E-state index contributed by atoms with van der Waals surface area (Å²) in [6.45, 7) is 5.30. The quantitative estimate of drug-likeness (QED) is 0.703. The van der Waals surface area contributed by atoms with E-state index in [0.717, 1.165) is 45.0 Å². The van der Waals surface area contributed by atoms with Crippen molar-refractivity contribution < 1.29 is 9.84 Å². The zero-order valence-corrected chi connectivity index (χ0v) is 16.4. The largest absolute Gasteiger partial charge is 0.508 e. The molecule has 0 spiro atoms.